The zero-order chi connectivity index (χ0) is 17.4. The number of nitrogens with one attached hydrogen (secondary N) is 3. The Balaban J connectivity index is 1.95. The molecule has 5 N–H and O–H groups in total. The molecule has 1 aromatic carbocycles. The van der Waals surface area contributed by atoms with E-state index in [1.807, 2.05) is 31.2 Å². The van der Waals surface area contributed by atoms with E-state index in [-0.39, 0.29) is 5.91 Å². The molecule has 7 heteroatoms. The summed E-state index contributed by atoms with van der Waals surface area (Å²) in [6.45, 7) is 5.32. The molecule has 7 nitrogen and oxygen atoms in total. The third-order valence-corrected chi connectivity index (χ3v) is 3.41. The maximum Gasteiger partial charge on any atom is 0.229 e. The highest BCUT2D eigenvalue weighted by molar-refractivity contribution is 5.72. The molecule has 0 atom stereocenters. The van der Waals surface area contributed by atoms with Crippen LogP contribution in [0.5, 0.6) is 0 Å². The first-order valence-corrected chi connectivity index (χ1v) is 7.96. The molecular weight excluding hydrogens is 304 g/mol. The lowest BCUT2D eigenvalue weighted by Gasteiger charge is -2.11. The number of aromatic nitrogens is 2. The van der Waals surface area contributed by atoms with Crippen molar-refractivity contribution in [3.8, 4) is 0 Å². The number of carbonyl (C=O) groups is 1. The molecule has 24 heavy (non-hydrogen) atoms. The number of nitrogens with zero attached hydrogens (tertiary/aromatic N) is 2. The van der Waals surface area contributed by atoms with E-state index in [0.717, 1.165) is 35.6 Å². The normalized spacial score (nSPS) is 10.3. The van der Waals surface area contributed by atoms with Gasteiger partial charge in [-0.25, -0.2) is 4.98 Å². The van der Waals surface area contributed by atoms with E-state index < -0.39 is 0 Å². The summed E-state index contributed by atoms with van der Waals surface area (Å²) in [6.07, 6.45) is 2.60. The molecule has 0 aliphatic carbocycles. The SMILES string of the molecule is CC(=O)NCCCNc1nc(Nc2cccc(CN)c2)ncc1C. The highest BCUT2D eigenvalue weighted by Crippen LogP contribution is 2.17. The summed E-state index contributed by atoms with van der Waals surface area (Å²) < 4.78 is 0. The molecule has 0 spiro atoms. The Morgan fingerprint density at radius 1 is 1.29 bits per heavy atom. The second-order valence-electron chi connectivity index (χ2n) is 5.52. The van der Waals surface area contributed by atoms with Gasteiger partial charge in [-0.1, -0.05) is 12.1 Å². The first kappa shape index (κ1) is 17.7. The van der Waals surface area contributed by atoms with E-state index in [1.54, 1.807) is 6.20 Å². The number of nitrogens with two attached hydrogens (primary N) is 1. The number of rotatable bonds is 8. The van der Waals surface area contributed by atoms with Crippen LogP contribution < -0.4 is 21.7 Å². The lowest BCUT2D eigenvalue weighted by Crippen LogP contribution is -2.23. The molecule has 1 amide bonds. The fourth-order valence-corrected chi connectivity index (χ4v) is 2.15. The van der Waals surface area contributed by atoms with Crippen LogP contribution in [0.1, 0.15) is 24.5 Å². The van der Waals surface area contributed by atoms with E-state index in [4.69, 9.17) is 5.73 Å². The summed E-state index contributed by atoms with van der Waals surface area (Å²) >= 11 is 0. The van der Waals surface area contributed by atoms with Crippen molar-refractivity contribution in [2.45, 2.75) is 26.8 Å². The zero-order valence-electron chi connectivity index (χ0n) is 14.1. The van der Waals surface area contributed by atoms with Gasteiger partial charge in [0, 0.05) is 44.0 Å². The average Bonchev–Trinajstić information content (AvgIpc) is 2.57. The molecule has 1 aromatic heterocycles. The van der Waals surface area contributed by atoms with Gasteiger partial charge in [0.2, 0.25) is 11.9 Å². The number of amides is 1. The first-order chi connectivity index (χ1) is 11.6. The predicted octanol–water partition coefficient (Wildman–Crippen LogP) is 1.93. The third-order valence-electron chi connectivity index (χ3n) is 3.41. The Morgan fingerprint density at radius 2 is 2.12 bits per heavy atom. The maximum atomic E-state index is 10.8. The fourth-order valence-electron chi connectivity index (χ4n) is 2.15. The summed E-state index contributed by atoms with van der Waals surface area (Å²) in [7, 11) is 0. The molecular formula is C17H24N6O. The number of aryl methyl sites for hydroxylation is 1. The van der Waals surface area contributed by atoms with Crippen LogP contribution in [0, 0.1) is 6.92 Å². The Labute approximate surface area is 142 Å². The molecule has 128 valence electrons. The first-order valence-electron chi connectivity index (χ1n) is 7.96. The Morgan fingerprint density at radius 3 is 2.88 bits per heavy atom. The summed E-state index contributed by atoms with van der Waals surface area (Å²) in [5, 5.41) is 9.23. The second kappa shape index (κ2) is 8.83. The number of benzene rings is 1. The molecule has 0 saturated heterocycles. The minimum atomic E-state index is -0.0144. The molecule has 0 bridgehead atoms. The number of hydrogen-bond donors (Lipinski definition) is 4. The minimum absolute atomic E-state index is 0.0144. The lowest BCUT2D eigenvalue weighted by atomic mass is 10.2. The van der Waals surface area contributed by atoms with Crippen molar-refractivity contribution in [1.82, 2.24) is 15.3 Å². The van der Waals surface area contributed by atoms with Crippen molar-refractivity contribution in [3.63, 3.8) is 0 Å². The number of carbonyl (C=O) groups excluding carboxylic acids is 1. The van der Waals surface area contributed by atoms with Crippen LogP contribution in [-0.2, 0) is 11.3 Å². The van der Waals surface area contributed by atoms with Crippen molar-refractivity contribution in [2.24, 2.45) is 5.73 Å². The standard InChI is InChI=1S/C17H24N6O/c1-12-11-21-17(22-15-6-3-5-14(9-15)10-18)23-16(12)20-8-4-7-19-13(2)24/h3,5-6,9,11H,4,7-8,10,18H2,1-2H3,(H,19,24)(H2,20,21,22,23). The second-order valence-corrected chi connectivity index (χ2v) is 5.52. The average molecular weight is 328 g/mol. The summed E-state index contributed by atoms with van der Waals surface area (Å²) in [6, 6.07) is 7.84. The van der Waals surface area contributed by atoms with Gasteiger partial charge in [-0.3, -0.25) is 4.79 Å². The van der Waals surface area contributed by atoms with Crippen molar-refractivity contribution in [2.75, 3.05) is 23.7 Å². The van der Waals surface area contributed by atoms with Gasteiger partial charge < -0.3 is 21.7 Å². The van der Waals surface area contributed by atoms with Crippen LogP contribution >= 0.6 is 0 Å². The molecule has 0 radical (unpaired) electrons. The van der Waals surface area contributed by atoms with Crippen molar-refractivity contribution in [3.05, 3.63) is 41.6 Å². The van der Waals surface area contributed by atoms with E-state index >= 15 is 0 Å². The van der Waals surface area contributed by atoms with Crippen LogP contribution in [0.25, 0.3) is 0 Å². The third kappa shape index (κ3) is 5.51. The summed E-state index contributed by atoms with van der Waals surface area (Å²) in [5.74, 6) is 1.30. The number of anilines is 3. The molecule has 2 aromatic rings. The van der Waals surface area contributed by atoms with Crippen LogP contribution in [-0.4, -0.2) is 29.0 Å². The van der Waals surface area contributed by atoms with Crippen molar-refractivity contribution >= 4 is 23.4 Å². The van der Waals surface area contributed by atoms with Crippen molar-refractivity contribution < 1.29 is 4.79 Å². The largest absolute Gasteiger partial charge is 0.370 e. The van der Waals surface area contributed by atoms with Gasteiger partial charge in [-0.15, -0.1) is 0 Å². The summed E-state index contributed by atoms with van der Waals surface area (Å²) in [5.41, 5.74) is 8.57. The Kier molecular flexibility index (Phi) is 6.51. The predicted molar refractivity (Wildman–Crippen MR) is 96.2 cm³/mol. The van der Waals surface area contributed by atoms with Crippen molar-refractivity contribution in [1.29, 1.82) is 0 Å². The monoisotopic (exact) mass is 328 g/mol. The van der Waals surface area contributed by atoms with Gasteiger partial charge in [0.25, 0.3) is 0 Å². The molecule has 0 aliphatic rings. The Bertz CT molecular complexity index is 689. The van der Waals surface area contributed by atoms with Gasteiger partial charge in [-0.2, -0.15) is 4.98 Å². The summed E-state index contributed by atoms with van der Waals surface area (Å²) in [4.78, 5) is 19.6. The molecule has 0 aliphatic heterocycles. The fraction of sp³-hybridized carbons (Fsp3) is 0.353. The lowest BCUT2D eigenvalue weighted by molar-refractivity contribution is -0.118. The molecule has 2 rings (SSSR count). The molecule has 0 fully saturated rings. The van der Waals surface area contributed by atoms with Gasteiger partial charge in [0.1, 0.15) is 5.82 Å². The van der Waals surface area contributed by atoms with Crippen LogP contribution in [0.4, 0.5) is 17.5 Å². The molecule has 1 heterocycles. The van der Waals surface area contributed by atoms with Crippen LogP contribution in [0.15, 0.2) is 30.5 Å². The number of hydrogen-bond acceptors (Lipinski definition) is 6. The highest BCUT2D eigenvalue weighted by atomic mass is 16.1. The maximum absolute atomic E-state index is 10.8. The molecule has 0 unspecified atom stereocenters. The van der Waals surface area contributed by atoms with Crippen LogP contribution in [0.3, 0.4) is 0 Å². The topological polar surface area (TPSA) is 105 Å². The molecule has 0 saturated carbocycles. The smallest absolute Gasteiger partial charge is 0.229 e. The van der Waals surface area contributed by atoms with E-state index in [2.05, 4.69) is 25.9 Å². The van der Waals surface area contributed by atoms with E-state index in [9.17, 15) is 4.79 Å². The van der Waals surface area contributed by atoms with Gasteiger partial charge in [0.05, 0.1) is 0 Å². The minimum Gasteiger partial charge on any atom is -0.370 e. The van der Waals surface area contributed by atoms with Gasteiger partial charge in [-0.05, 0) is 31.0 Å². The highest BCUT2D eigenvalue weighted by Gasteiger charge is 2.04. The Hall–Kier alpha value is -2.67. The quantitative estimate of drug-likeness (QED) is 0.552. The van der Waals surface area contributed by atoms with E-state index in [1.165, 1.54) is 6.92 Å². The van der Waals surface area contributed by atoms with Crippen LogP contribution in [0.2, 0.25) is 0 Å². The van der Waals surface area contributed by atoms with Gasteiger partial charge in [0.15, 0.2) is 0 Å². The zero-order valence-corrected chi connectivity index (χ0v) is 14.1. The van der Waals surface area contributed by atoms with E-state index in [0.29, 0.717) is 19.0 Å². The van der Waals surface area contributed by atoms with Gasteiger partial charge >= 0.3 is 0 Å².